The molecule has 6 rings (SSSR count). The van der Waals surface area contributed by atoms with Crippen LogP contribution in [0.15, 0.2) is 48.8 Å². The number of carbonyl (C=O) groups is 1. The molecule has 0 unspecified atom stereocenters. The topological polar surface area (TPSA) is 108 Å². The summed E-state index contributed by atoms with van der Waals surface area (Å²) >= 11 is 3.27. The van der Waals surface area contributed by atoms with Crippen molar-refractivity contribution in [1.82, 2.24) is 19.7 Å². The van der Waals surface area contributed by atoms with Crippen LogP contribution in [0.4, 0.5) is 11.5 Å². The molecule has 35 heavy (non-hydrogen) atoms. The number of thioether (sulfide) groups is 1. The second-order valence-corrected chi connectivity index (χ2v) is 10.8. The average Bonchev–Trinajstić information content (AvgIpc) is 3.52. The van der Waals surface area contributed by atoms with E-state index in [9.17, 15) is 4.79 Å². The number of nitrogens with zero attached hydrogens (tertiary/aromatic N) is 4. The van der Waals surface area contributed by atoms with Crippen molar-refractivity contribution in [1.29, 1.82) is 0 Å². The zero-order chi connectivity index (χ0) is 24.1. The minimum absolute atomic E-state index is 0.0628. The average molecular weight is 503 g/mol. The fourth-order valence-corrected chi connectivity index (χ4v) is 5.72. The summed E-state index contributed by atoms with van der Waals surface area (Å²) in [7, 11) is 1.69. The molecule has 8 nitrogen and oxygen atoms in total. The highest BCUT2D eigenvalue weighted by atomic mass is 32.2. The molecule has 4 heterocycles. The van der Waals surface area contributed by atoms with Gasteiger partial charge in [0.15, 0.2) is 5.65 Å². The van der Waals surface area contributed by atoms with Crippen molar-refractivity contribution in [2.75, 3.05) is 23.9 Å². The smallest absolute Gasteiger partial charge is 0.238 e. The number of nitrogen functional groups attached to an aromatic ring is 1. The summed E-state index contributed by atoms with van der Waals surface area (Å²) in [6.07, 6.45) is 1.46. The number of fused-ring (bicyclic) bond motifs is 2. The number of aryl methyl sites for hydroxylation is 1. The standard InChI is InChI=1S/C25H22N6O2S2/c1-13-7-15-9-18(35-22(15)17(8-13)33-2)21-20-23(26)27-12-28-24(20)31(30-21)10-14-3-5-16(6-4-14)29-25(32)19-11-34-19/h3-9,12,19H,10-11H2,1-2H3,(H,29,32)(H2,26,27,28)/t19-/m1/s1. The molecule has 0 aliphatic carbocycles. The lowest BCUT2D eigenvalue weighted by Gasteiger charge is -2.06. The summed E-state index contributed by atoms with van der Waals surface area (Å²) in [5, 5.41) is 9.80. The van der Waals surface area contributed by atoms with Crippen LogP contribution in [0.25, 0.3) is 31.7 Å². The van der Waals surface area contributed by atoms with Crippen LogP contribution in [0.3, 0.4) is 0 Å². The number of anilines is 2. The van der Waals surface area contributed by atoms with E-state index in [0.29, 0.717) is 18.0 Å². The lowest BCUT2D eigenvalue weighted by atomic mass is 10.1. The lowest BCUT2D eigenvalue weighted by Crippen LogP contribution is -2.16. The van der Waals surface area contributed by atoms with Crippen molar-refractivity contribution in [3.8, 4) is 16.3 Å². The first kappa shape index (κ1) is 21.9. The summed E-state index contributed by atoms with van der Waals surface area (Å²) in [4.78, 5) is 21.7. The van der Waals surface area contributed by atoms with E-state index in [4.69, 9.17) is 15.6 Å². The van der Waals surface area contributed by atoms with Crippen LogP contribution in [-0.4, -0.2) is 43.8 Å². The van der Waals surface area contributed by atoms with Gasteiger partial charge in [-0.05, 0) is 47.7 Å². The Morgan fingerprint density at radius 3 is 2.77 bits per heavy atom. The fourth-order valence-electron chi connectivity index (χ4n) is 4.13. The molecule has 2 aromatic carbocycles. The van der Waals surface area contributed by atoms with Gasteiger partial charge >= 0.3 is 0 Å². The van der Waals surface area contributed by atoms with Crippen LogP contribution in [0.5, 0.6) is 5.75 Å². The second kappa shape index (κ2) is 8.54. The van der Waals surface area contributed by atoms with Gasteiger partial charge < -0.3 is 15.8 Å². The Hall–Kier alpha value is -3.63. The van der Waals surface area contributed by atoms with Crippen molar-refractivity contribution < 1.29 is 9.53 Å². The molecule has 1 amide bonds. The Bertz CT molecular complexity index is 1590. The van der Waals surface area contributed by atoms with Crippen molar-refractivity contribution in [3.05, 3.63) is 59.9 Å². The second-order valence-electron chi connectivity index (χ2n) is 8.47. The minimum atomic E-state index is 0.0628. The summed E-state index contributed by atoms with van der Waals surface area (Å²) in [6.45, 7) is 2.56. The number of nitrogens with one attached hydrogen (secondary N) is 1. The number of hydrogen-bond acceptors (Lipinski definition) is 8. The number of rotatable bonds is 6. The van der Waals surface area contributed by atoms with E-state index in [-0.39, 0.29) is 11.2 Å². The Labute approximate surface area is 209 Å². The normalized spacial score (nSPS) is 15.0. The van der Waals surface area contributed by atoms with Crippen LogP contribution in [0.2, 0.25) is 0 Å². The summed E-state index contributed by atoms with van der Waals surface area (Å²) in [6, 6.07) is 14.1. The highest BCUT2D eigenvalue weighted by Crippen LogP contribution is 2.41. The molecule has 176 valence electrons. The van der Waals surface area contributed by atoms with Crippen LogP contribution in [0, 0.1) is 6.92 Å². The van der Waals surface area contributed by atoms with Gasteiger partial charge in [-0.15, -0.1) is 23.1 Å². The van der Waals surface area contributed by atoms with Crippen molar-refractivity contribution >= 4 is 61.6 Å². The highest BCUT2D eigenvalue weighted by molar-refractivity contribution is 8.07. The van der Waals surface area contributed by atoms with Gasteiger partial charge in [-0.2, -0.15) is 5.10 Å². The monoisotopic (exact) mass is 502 g/mol. The van der Waals surface area contributed by atoms with E-state index in [1.165, 1.54) is 6.33 Å². The van der Waals surface area contributed by atoms with E-state index in [0.717, 1.165) is 54.4 Å². The van der Waals surface area contributed by atoms with E-state index in [1.54, 1.807) is 30.2 Å². The van der Waals surface area contributed by atoms with E-state index < -0.39 is 0 Å². The van der Waals surface area contributed by atoms with Gasteiger partial charge in [0.1, 0.15) is 23.6 Å². The van der Waals surface area contributed by atoms with Crippen molar-refractivity contribution in [3.63, 3.8) is 0 Å². The van der Waals surface area contributed by atoms with Gasteiger partial charge in [0.05, 0.1) is 33.9 Å². The predicted molar refractivity (Wildman–Crippen MR) is 142 cm³/mol. The first-order chi connectivity index (χ1) is 17.0. The molecule has 1 aliphatic heterocycles. The summed E-state index contributed by atoms with van der Waals surface area (Å²) < 4.78 is 8.53. The van der Waals surface area contributed by atoms with Crippen LogP contribution < -0.4 is 15.8 Å². The Kier molecular flexibility index (Phi) is 5.34. The Morgan fingerprint density at radius 2 is 2.03 bits per heavy atom. The van der Waals surface area contributed by atoms with Crippen molar-refractivity contribution in [2.45, 2.75) is 18.7 Å². The summed E-state index contributed by atoms with van der Waals surface area (Å²) in [5.74, 6) is 2.20. The molecule has 0 saturated carbocycles. The maximum absolute atomic E-state index is 12.0. The largest absolute Gasteiger partial charge is 0.495 e. The third-order valence-electron chi connectivity index (χ3n) is 5.92. The quantitative estimate of drug-likeness (QED) is 0.324. The zero-order valence-corrected chi connectivity index (χ0v) is 20.7. The van der Waals surface area contributed by atoms with Gasteiger partial charge in [-0.25, -0.2) is 14.6 Å². The SMILES string of the molecule is COc1cc(C)cc2cc(-c3nn(Cc4ccc(NC(=O)[C@H]5CS5)cc4)c4ncnc(N)c34)sc12. The minimum Gasteiger partial charge on any atom is -0.495 e. The number of aromatic nitrogens is 4. The number of amides is 1. The van der Waals surface area contributed by atoms with Crippen LogP contribution in [-0.2, 0) is 11.3 Å². The number of carbonyl (C=O) groups excluding carboxylic acids is 1. The van der Waals surface area contributed by atoms with Crippen molar-refractivity contribution in [2.24, 2.45) is 0 Å². The molecule has 1 atom stereocenters. The molecule has 5 aromatic rings. The maximum atomic E-state index is 12.0. The van der Waals surface area contributed by atoms with Crippen LogP contribution in [0.1, 0.15) is 11.1 Å². The maximum Gasteiger partial charge on any atom is 0.238 e. The number of benzene rings is 2. The molecular weight excluding hydrogens is 480 g/mol. The Morgan fingerprint density at radius 1 is 1.23 bits per heavy atom. The highest BCUT2D eigenvalue weighted by Gasteiger charge is 2.30. The summed E-state index contributed by atoms with van der Waals surface area (Å²) in [5.41, 5.74) is 10.7. The number of hydrogen-bond donors (Lipinski definition) is 2. The molecule has 1 fully saturated rings. The van der Waals surface area contributed by atoms with E-state index in [1.807, 2.05) is 35.0 Å². The number of thiophene rings is 1. The number of ether oxygens (including phenoxy) is 1. The number of nitrogens with two attached hydrogens (primary N) is 1. The third kappa shape index (κ3) is 4.08. The van der Waals surface area contributed by atoms with Crippen LogP contribution >= 0.6 is 23.1 Å². The molecule has 3 aromatic heterocycles. The molecule has 1 aliphatic rings. The molecule has 10 heteroatoms. The molecule has 1 saturated heterocycles. The van der Waals surface area contributed by atoms with Gasteiger partial charge in [-0.3, -0.25) is 4.79 Å². The predicted octanol–water partition coefficient (Wildman–Crippen LogP) is 4.71. The fraction of sp³-hybridized carbons (Fsp3) is 0.200. The van der Waals surface area contributed by atoms with Gasteiger partial charge in [0.2, 0.25) is 5.91 Å². The Balaban J connectivity index is 1.37. The molecule has 0 radical (unpaired) electrons. The van der Waals surface area contributed by atoms with Gasteiger partial charge in [0, 0.05) is 11.4 Å². The number of methoxy groups -OCH3 is 1. The van der Waals surface area contributed by atoms with E-state index >= 15 is 0 Å². The first-order valence-corrected chi connectivity index (χ1v) is 12.9. The molecule has 0 bridgehead atoms. The first-order valence-electron chi connectivity index (χ1n) is 11.1. The zero-order valence-electron chi connectivity index (χ0n) is 19.1. The molecule has 0 spiro atoms. The van der Waals surface area contributed by atoms with Gasteiger partial charge in [-0.1, -0.05) is 18.2 Å². The lowest BCUT2D eigenvalue weighted by molar-refractivity contribution is -0.114. The molecule has 3 N–H and O–H groups in total. The van der Waals surface area contributed by atoms with Gasteiger partial charge in [0.25, 0.3) is 0 Å². The van der Waals surface area contributed by atoms with E-state index in [2.05, 4.69) is 34.3 Å². The molecular formula is C25H22N6O2S2. The third-order valence-corrected chi connectivity index (χ3v) is 7.97.